The number of aromatic nitrogens is 1. The molecule has 0 spiro atoms. The number of nitrogens with zero attached hydrogens (tertiary/aromatic N) is 2. The maximum absolute atomic E-state index is 12.4. The van der Waals surface area contributed by atoms with Crippen molar-refractivity contribution >= 4 is 17.5 Å². The lowest BCUT2D eigenvalue weighted by molar-refractivity contribution is -0.126. The van der Waals surface area contributed by atoms with E-state index >= 15 is 0 Å². The molecule has 130 valence electrons. The molecule has 1 aromatic heterocycles. The summed E-state index contributed by atoms with van der Waals surface area (Å²) in [7, 11) is 0. The van der Waals surface area contributed by atoms with Crippen LogP contribution in [0.5, 0.6) is 0 Å². The van der Waals surface area contributed by atoms with Crippen molar-refractivity contribution in [3.8, 4) is 0 Å². The maximum atomic E-state index is 12.4. The summed E-state index contributed by atoms with van der Waals surface area (Å²) in [6.45, 7) is 5.16. The van der Waals surface area contributed by atoms with Crippen LogP contribution in [-0.2, 0) is 16.1 Å². The predicted octanol–water partition coefficient (Wildman–Crippen LogP) is 2.87. The second-order valence-corrected chi connectivity index (χ2v) is 6.72. The Balaban J connectivity index is 1.60. The minimum Gasteiger partial charge on any atom is -0.352 e. The molecular weight excluding hydrogens is 314 g/mol. The van der Waals surface area contributed by atoms with Crippen LogP contribution < -0.4 is 10.2 Å². The molecule has 5 heteroatoms. The van der Waals surface area contributed by atoms with E-state index in [-0.39, 0.29) is 24.2 Å². The number of carbonyl (C=O) groups is 2. The first-order valence-electron chi connectivity index (χ1n) is 8.61. The zero-order chi connectivity index (χ0) is 17.8. The summed E-state index contributed by atoms with van der Waals surface area (Å²) in [6.07, 6.45) is 3.65. The van der Waals surface area contributed by atoms with Crippen LogP contribution in [0.25, 0.3) is 0 Å². The molecule has 1 aliphatic heterocycles. The van der Waals surface area contributed by atoms with Gasteiger partial charge in [-0.05, 0) is 41.3 Å². The van der Waals surface area contributed by atoms with Gasteiger partial charge in [0.2, 0.25) is 11.8 Å². The Bertz CT molecular complexity index is 741. The fraction of sp³-hybridized carbons (Fsp3) is 0.350. The Morgan fingerprint density at radius 3 is 2.52 bits per heavy atom. The van der Waals surface area contributed by atoms with Crippen LogP contribution in [0.4, 0.5) is 5.69 Å². The van der Waals surface area contributed by atoms with Gasteiger partial charge in [-0.2, -0.15) is 0 Å². The van der Waals surface area contributed by atoms with E-state index in [9.17, 15) is 9.59 Å². The van der Waals surface area contributed by atoms with Gasteiger partial charge in [0.1, 0.15) is 0 Å². The van der Waals surface area contributed by atoms with Crippen molar-refractivity contribution in [2.45, 2.75) is 32.7 Å². The fourth-order valence-electron chi connectivity index (χ4n) is 3.01. The highest BCUT2D eigenvalue weighted by Crippen LogP contribution is 2.27. The normalized spacial score (nSPS) is 17.2. The van der Waals surface area contributed by atoms with Gasteiger partial charge in [-0.3, -0.25) is 14.6 Å². The summed E-state index contributed by atoms with van der Waals surface area (Å²) in [5.41, 5.74) is 3.09. The van der Waals surface area contributed by atoms with Gasteiger partial charge in [-0.15, -0.1) is 0 Å². The monoisotopic (exact) mass is 337 g/mol. The van der Waals surface area contributed by atoms with Crippen molar-refractivity contribution in [3.63, 3.8) is 0 Å². The van der Waals surface area contributed by atoms with Crippen LogP contribution >= 0.6 is 0 Å². The molecule has 1 fully saturated rings. The van der Waals surface area contributed by atoms with E-state index in [0.29, 0.717) is 19.0 Å². The molecule has 5 nitrogen and oxygen atoms in total. The Labute approximate surface area is 148 Å². The number of anilines is 1. The lowest BCUT2D eigenvalue weighted by Gasteiger charge is -2.17. The molecule has 1 aliphatic rings. The van der Waals surface area contributed by atoms with Gasteiger partial charge < -0.3 is 10.2 Å². The van der Waals surface area contributed by atoms with Crippen molar-refractivity contribution in [1.29, 1.82) is 0 Å². The molecule has 2 aromatic rings. The average molecular weight is 337 g/mol. The van der Waals surface area contributed by atoms with Crippen molar-refractivity contribution in [1.82, 2.24) is 10.3 Å². The second kappa shape index (κ2) is 7.47. The third kappa shape index (κ3) is 4.05. The molecule has 0 radical (unpaired) electrons. The molecule has 25 heavy (non-hydrogen) atoms. The quantitative estimate of drug-likeness (QED) is 0.912. The third-order valence-electron chi connectivity index (χ3n) is 4.58. The zero-order valence-electron chi connectivity index (χ0n) is 14.6. The van der Waals surface area contributed by atoms with E-state index in [1.165, 1.54) is 5.56 Å². The minimum absolute atomic E-state index is 0.00126. The molecule has 0 aliphatic carbocycles. The van der Waals surface area contributed by atoms with Crippen LogP contribution in [0.1, 0.15) is 37.3 Å². The summed E-state index contributed by atoms with van der Waals surface area (Å²) in [6, 6.07) is 11.7. The number of hydrogen-bond donors (Lipinski definition) is 1. The smallest absolute Gasteiger partial charge is 0.227 e. The molecule has 1 N–H and O–H groups in total. The number of rotatable bonds is 5. The summed E-state index contributed by atoms with van der Waals surface area (Å²) in [5, 5.41) is 2.91. The molecular formula is C20H23N3O2. The molecule has 2 heterocycles. The van der Waals surface area contributed by atoms with Crippen LogP contribution in [0.15, 0.2) is 48.8 Å². The molecule has 2 amide bonds. The zero-order valence-corrected chi connectivity index (χ0v) is 14.6. The van der Waals surface area contributed by atoms with Gasteiger partial charge >= 0.3 is 0 Å². The minimum atomic E-state index is -0.306. The van der Waals surface area contributed by atoms with Gasteiger partial charge in [0.15, 0.2) is 0 Å². The number of nitrogens with one attached hydrogen (secondary N) is 1. The van der Waals surface area contributed by atoms with E-state index in [4.69, 9.17) is 0 Å². The SMILES string of the molecule is CC(C)c1ccc(N2C[C@H](C(=O)NCc3ccncc3)CC2=O)cc1. The van der Waals surface area contributed by atoms with Crippen molar-refractivity contribution in [2.75, 3.05) is 11.4 Å². The van der Waals surface area contributed by atoms with Gasteiger partial charge in [0.05, 0.1) is 5.92 Å². The number of hydrogen-bond acceptors (Lipinski definition) is 3. The van der Waals surface area contributed by atoms with E-state index in [0.717, 1.165) is 11.3 Å². The lowest BCUT2D eigenvalue weighted by atomic mass is 10.0. The highest BCUT2D eigenvalue weighted by Gasteiger charge is 2.34. The van der Waals surface area contributed by atoms with Gasteiger partial charge in [-0.1, -0.05) is 26.0 Å². The molecule has 0 bridgehead atoms. The first-order valence-corrected chi connectivity index (χ1v) is 8.61. The number of amides is 2. The molecule has 0 saturated carbocycles. The maximum Gasteiger partial charge on any atom is 0.227 e. The summed E-state index contributed by atoms with van der Waals surface area (Å²) < 4.78 is 0. The molecule has 1 atom stereocenters. The standard InChI is InChI=1S/C20H23N3O2/c1-14(2)16-3-5-18(6-4-16)23-13-17(11-19(23)24)20(25)22-12-15-7-9-21-10-8-15/h3-10,14,17H,11-13H2,1-2H3,(H,22,25)/t17-/m1/s1. The van der Waals surface area contributed by atoms with Gasteiger partial charge in [0.25, 0.3) is 0 Å². The van der Waals surface area contributed by atoms with Gasteiger partial charge in [0, 0.05) is 37.6 Å². The van der Waals surface area contributed by atoms with Crippen LogP contribution in [0, 0.1) is 5.92 Å². The van der Waals surface area contributed by atoms with Crippen LogP contribution in [-0.4, -0.2) is 23.3 Å². The summed E-state index contributed by atoms with van der Waals surface area (Å²) >= 11 is 0. The Morgan fingerprint density at radius 2 is 1.88 bits per heavy atom. The second-order valence-electron chi connectivity index (χ2n) is 6.72. The lowest BCUT2D eigenvalue weighted by Crippen LogP contribution is -2.32. The Hall–Kier alpha value is -2.69. The number of benzene rings is 1. The molecule has 1 saturated heterocycles. The molecule has 3 rings (SSSR count). The predicted molar refractivity (Wildman–Crippen MR) is 97.1 cm³/mol. The fourth-order valence-corrected chi connectivity index (χ4v) is 3.01. The highest BCUT2D eigenvalue weighted by molar-refractivity contribution is 6.00. The molecule has 1 aromatic carbocycles. The van der Waals surface area contributed by atoms with Gasteiger partial charge in [-0.25, -0.2) is 0 Å². The van der Waals surface area contributed by atoms with Crippen molar-refractivity contribution in [2.24, 2.45) is 5.92 Å². The third-order valence-corrected chi connectivity index (χ3v) is 4.58. The first kappa shape index (κ1) is 17.1. The van der Waals surface area contributed by atoms with E-state index in [1.54, 1.807) is 17.3 Å². The highest BCUT2D eigenvalue weighted by atomic mass is 16.2. The van der Waals surface area contributed by atoms with E-state index in [1.807, 2.05) is 36.4 Å². The van der Waals surface area contributed by atoms with Crippen LogP contribution in [0.2, 0.25) is 0 Å². The number of pyridine rings is 1. The first-order chi connectivity index (χ1) is 12.0. The Morgan fingerprint density at radius 1 is 1.20 bits per heavy atom. The van der Waals surface area contributed by atoms with E-state index < -0.39 is 0 Å². The molecule has 0 unspecified atom stereocenters. The topological polar surface area (TPSA) is 62.3 Å². The largest absolute Gasteiger partial charge is 0.352 e. The number of carbonyl (C=O) groups excluding carboxylic acids is 2. The van der Waals surface area contributed by atoms with Crippen molar-refractivity contribution < 1.29 is 9.59 Å². The summed E-state index contributed by atoms with van der Waals surface area (Å²) in [4.78, 5) is 30.4. The van der Waals surface area contributed by atoms with E-state index in [2.05, 4.69) is 24.1 Å². The van der Waals surface area contributed by atoms with Crippen LogP contribution in [0.3, 0.4) is 0 Å². The Kier molecular flexibility index (Phi) is 5.12. The van der Waals surface area contributed by atoms with Crippen molar-refractivity contribution in [3.05, 3.63) is 59.9 Å². The summed E-state index contributed by atoms with van der Waals surface area (Å²) in [5.74, 6) is 0.0713. The average Bonchev–Trinajstić information content (AvgIpc) is 3.02.